The first-order chi connectivity index (χ1) is 7.59. The highest BCUT2D eigenvalue weighted by Crippen LogP contribution is 2.29. The average Bonchev–Trinajstić information content (AvgIpc) is 2.26. The van der Waals surface area contributed by atoms with Gasteiger partial charge in [-0.3, -0.25) is 4.79 Å². The summed E-state index contributed by atoms with van der Waals surface area (Å²) >= 11 is 3.31. The van der Waals surface area contributed by atoms with E-state index >= 15 is 0 Å². The van der Waals surface area contributed by atoms with Crippen LogP contribution < -0.4 is 10.6 Å². The van der Waals surface area contributed by atoms with Gasteiger partial charge in [0.2, 0.25) is 5.91 Å². The molecule has 1 unspecified atom stereocenters. The Morgan fingerprint density at radius 1 is 1.50 bits per heavy atom. The van der Waals surface area contributed by atoms with Crippen molar-refractivity contribution in [2.75, 3.05) is 11.4 Å². The summed E-state index contributed by atoms with van der Waals surface area (Å²) in [6.07, 6.45) is 1.54. The van der Waals surface area contributed by atoms with Gasteiger partial charge in [-0.25, -0.2) is 4.39 Å². The third kappa shape index (κ3) is 2.10. The highest BCUT2D eigenvalue weighted by Gasteiger charge is 2.27. The second-order valence-corrected chi connectivity index (χ2v) is 4.69. The zero-order chi connectivity index (χ0) is 11.7. The number of hydrogen-bond donors (Lipinski definition) is 1. The Labute approximate surface area is 102 Å². The molecule has 1 heterocycles. The van der Waals surface area contributed by atoms with Gasteiger partial charge in [-0.05, 0) is 47.0 Å². The molecule has 1 saturated heterocycles. The number of carbonyl (C=O) groups is 1. The summed E-state index contributed by atoms with van der Waals surface area (Å²) in [5.41, 5.74) is 6.25. The van der Waals surface area contributed by atoms with Gasteiger partial charge < -0.3 is 10.6 Å². The SMILES string of the molecule is NC1CCCN(c2cc(F)ccc2Br)C1=O. The largest absolute Gasteiger partial charge is 0.320 e. The van der Waals surface area contributed by atoms with Crippen molar-refractivity contribution in [1.82, 2.24) is 0 Å². The van der Waals surface area contributed by atoms with Crippen LogP contribution in [0.3, 0.4) is 0 Å². The minimum atomic E-state index is -0.469. The summed E-state index contributed by atoms with van der Waals surface area (Å²) in [6.45, 7) is 0.592. The molecule has 2 N–H and O–H groups in total. The van der Waals surface area contributed by atoms with Crippen molar-refractivity contribution in [3.05, 3.63) is 28.5 Å². The van der Waals surface area contributed by atoms with Crippen molar-refractivity contribution in [3.8, 4) is 0 Å². The lowest BCUT2D eigenvalue weighted by Gasteiger charge is -2.31. The Balaban J connectivity index is 2.35. The van der Waals surface area contributed by atoms with E-state index in [-0.39, 0.29) is 11.7 Å². The molecule has 86 valence electrons. The first-order valence-electron chi connectivity index (χ1n) is 5.11. The van der Waals surface area contributed by atoms with E-state index in [1.54, 1.807) is 11.0 Å². The minimum absolute atomic E-state index is 0.141. The summed E-state index contributed by atoms with van der Waals surface area (Å²) in [5, 5.41) is 0. The van der Waals surface area contributed by atoms with E-state index in [2.05, 4.69) is 15.9 Å². The highest BCUT2D eigenvalue weighted by molar-refractivity contribution is 9.10. The molecule has 1 amide bonds. The Kier molecular flexibility index (Phi) is 3.25. The van der Waals surface area contributed by atoms with Crippen molar-refractivity contribution < 1.29 is 9.18 Å². The number of carbonyl (C=O) groups excluding carboxylic acids is 1. The fourth-order valence-corrected chi connectivity index (χ4v) is 2.30. The third-order valence-corrected chi connectivity index (χ3v) is 3.35. The van der Waals surface area contributed by atoms with Crippen LogP contribution in [0.1, 0.15) is 12.8 Å². The number of hydrogen-bond acceptors (Lipinski definition) is 2. The van der Waals surface area contributed by atoms with Crippen molar-refractivity contribution in [2.24, 2.45) is 5.73 Å². The molecule has 1 atom stereocenters. The molecule has 3 nitrogen and oxygen atoms in total. The number of rotatable bonds is 1. The van der Waals surface area contributed by atoms with Crippen molar-refractivity contribution in [2.45, 2.75) is 18.9 Å². The lowest BCUT2D eigenvalue weighted by atomic mass is 10.0. The topological polar surface area (TPSA) is 46.3 Å². The summed E-state index contributed by atoms with van der Waals surface area (Å²) in [6, 6.07) is 3.82. The van der Waals surface area contributed by atoms with Crippen LogP contribution in [0.25, 0.3) is 0 Å². The molecule has 0 radical (unpaired) electrons. The van der Waals surface area contributed by atoms with Crippen LogP contribution >= 0.6 is 15.9 Å². The van der Waals surface area contributed by atoms with Crippen molar-refractivity contribution in [3.63, 3.8) is 0 Å². The van der Waals surface area contributed by atoms with E-state index in [1.165, 1.54) is 12.1 Å². The number of amides is 1. The molecule has 2 rings (SSSR count). The molecule has 1 aromatic rings. The Morgan fingerprint density at radius 3 is 3.00 bits per heavy atom. The van der Waals surface area contributed by atoms with Crippen LogP contribution in [0.4, 0.5) is 10.1 Å². The quantitative estimate of drug-likeness (QED) is 0.859. The van der Waals surface area contributed by atoms with Gasteiger partial charge >= 0.3 is 0 Å². The van der Waals surface area contributed by atoms with E-state index < -0.39 is 6.04 Å². The number of piperidine rings is 1. The highest BCUT2D eigenvalue weighted by atomic mass is 79.9. The second-order valence-electron chi connectivity index (χ2n) is 3.83. The lowest BCUT2D eigenvalue weighted by Crippen LogP contribution is -2.48. The van der Waals surface area contributed by atoms with Gasteiger partial charge in [0.1, 0.15) is 5.82 Å². The molecule has 16 heavy (non-hydrogen) atoms. The number of anilines is 1. The normalized spacial score (nSPS) is 21.3. The predicted octanol–water partition coefficient (Wildman–Crippen LogP) is 2.04. The summed E-state index contributed by atoms with van der Waals surface area (Å²) in [7, 11) is 0. The fraction of sp³-hybridized carbons (Fsp3) is 0.364. The van der Waals surface area contributed by atoms with Gasteiger partial charge in [0.05, 0.1) is 11.7 Å². The van der Waals surface area contributed by atoms with Crippen LogP contribution in [0.15, 0.2) is 22.7 Å². The van der Waals surface area contributed by atoms with E-state index in [0.29, 0.717) is 23.1 Å². The molecule has 0 saturated carbocycles. The standard InChI is InChI=1S/C11H12BrFN2O/c12-8-4-3-7(13)6-10(8)15-5-1-2-9(14)11(15)16/h3-4,6,9H,1-2,5,14H2. The van der Waals surface area contributed by atoms with E-state index in [9.17, 15) is 9.18 Å². The molecule has 1 fully saturated rings. The zero-order valence-electron chi connectivity index (χ0n) is 8.62. The molecular weight excluding hydrogens is 275 g/mol. The number of benzene rings is 1. The number of nitrogens with zero attached hydrogens (tertiary/aromatic N) is 1. The molecule has 1 aliphatic rings. The summed E-state index contributed by atoms with van der Waals surface area (Å²) < 4.78 is 13.8. The molecule has 5 heteroatoms. The van der Waals surface area contributed by atoms with E-state index in [4.69, 9.17) is 5.73 Å². The minimum Gasteiger partial charge on any atom is -0.320 e. The Hall–Kier alpha value is -0.940. The molecule has 1 aromatic carbocycles. The van der Waals surface area contributed by atoms with Gasteiger partial charge in [-0.1, -0.05) is 0 Å². The Morgan fingerprint density at radius 2 is 2.25 bits per heavy atom. The second kappa shape index (κ2) is 4.51. The third-order valence-electron chi connectivity index (χ3n) is 2.68. The lowest BCUT2D eigenvalue weighted by molar-refractivity contribution is -0.120. The Bertz CT molecular complexity index is 424. The van der Waals surface area contributed by atoms with Crippen LogP contribution in [0.5, 0.6) is 0 Å². The summed E-state index contributed by atoms with van der Waals surface area (Å²) in [5.74, 6) is -0.498. The van der Waals surface area contributed by atoms with Gasteiger partial charge in [0, 0.05) is 11.0 Å². The molecule has 0 aliphatic carbocycles. The van der Waals surface area contributed by atoms with Crippen molar-refractivity contribution in [1.29, 1.82) is 0 Å². The number of nitrogens with two attached hydrogens (primary N) is 1. The maximum atomic E-state index is 13.1. The number of halogens is 2. The van der Waals surface area contributed by atoms with Gasteiger partial charge in [-0.15, -0.1) is 0 Å². The monoisotopic (exact) mass is 286 g/mol. The predicted molar refractivity (Wildman–Crippen MR) is 63.7 cm³/mol. The van der Waals surface area contributed by atoms with Crippen LogP contribution in [0.2, 0.25) is 0 Å². The fourth-order valence-electron chi connectivity index (χ4n) is 1.83. The molecule has 0 bridgehead atoms. The van der Waals surface area contributed by atoms with Crippen LogP contribution in [-0.4, -0.2) is 18.5 Å². The first-order valence-corrected chi connectivity index (χ1v) is 5.91. The summed E-state index contributed by atoms with van der Waals surface area (Å²) in [4.78, 5) is 13.4. The molecule has 0 spiro atoms. The van der Waals surface area contributed by atoms with Crippen molar-refractivity contribution >= 4 is 27.5 Å². The van der Waals surface area contributed by atoms with E-state index in [1.807, 2.05) is 0 Å². The molecular formula is C11H12BrFN2O. The van der Waals surface area contributed by atoms with Crippen LogP contribution in [-0.2, 0) is 4.79 Å². The van der Waals surface area contributed by atoms with Gasteiger partial charge in [0.25, 0.3) is 0 Å². The van der Waals surface area contributed by atoms with Gasteiger partial charge in [0.15, 0.2) is 0 Å². The van der Waals surface area contributed by atoms with E-state index in [0.717, 1.165) is 6.42 Å². The average molecular weight is 287 g/mol. The van der Waals surface area contributed by atoms with Crippen LogP contribution in [0, 0.1) is 5.82 Å². The zero-order valence-corrected chi connectivity index (χ0v) is 10.2. The first kappa shape index (κ1) is 11.5. The van der Waals surface area contributed by atoms with Gasteiger partial charge in [-0.2, -0.15) is 0 Å². The maximum Gasteiger partial charge on any atom is 0.243 e. The molecule has 0 aromatic heterocycles. The molecule has 1 aliphatic heterocycles. The smallest absolute Gasteiger partial charge is 0.243 e. The maximum absolute atomic E-state index is 13.1.